The van der Waals surface area contributed by atoms with E-state index >= 15 is 0 Å². The predicted molar refractivity (Wildman–Crippen MR) is 121 cm³/mol. The normalized spacial score (nSPS) is 23.0. The minimum atomic E-state index is 0.0239. The molecule has 1 aliphatic heterocycles. The van der Waals surface area contributed by atoms with Crippen molar-refractivity contribution in [1.29, 1.82) is 5.26 Å². The lowest BCUT2D eigenvalue weighted by Gasteiger charge is -2.34. The molecule has 0 bridgehead atoms. The Morgan fingerprint density at radius 3 is 2.74 bits per heavy atom. The second-order valence-corrected chi connectivity index (χ2v) is 9.49. The van der Waals surface area contributed by atoms with Gasteiger partial charge in [0.05, 0.1) is 11.8 Å². The first-order chi connectivity index (χ1) is 15.1. The molecule has 2 aromatic rings. The smallest absolute Gasteiger partial charge is 0.221 e. The Morgan fingerprint density at radius 2 is 2.00 bits per heavy atom. The minimum Gasteiger partial charge on any atom is -0.356 e. The van der Waals surface area contributed by atoms with E-state index in [2.05, 4.69) is 15.4 Å². The number of carbonyl (C=O) groups is 1. The minimum absolute atomic E-state index is 0.0239. The van der Waals surface area contributed by atoms with Gasteiger partial charge in [-0.05, 0) is 82.6 Å². The van der Waals surface area contributed by atoms with Gasteiger partial charge in [-0.25, -0.2) is 0 Å². The van der Waals surface area contributed by atoms with Crippen LogP contribution in [-0.2, 0) is 4.79 Å². The zero-order valence-corrected chi connectivity index (χ0v) is 18.7. The number of nitrogens with zero attached hydrogens (tertiary/aromatic N) is 3. The molecule has 1 aromatic carbocycles. The van der Waals surface area contributed by atoms with Gasteiger partial charge in [0.25, 0.3) is 0 Å². The van der Waals surface area contributed by atoms with Crippen LogP contribution in [0.1, 0.15) is 69.4 Å². The third-order valence-corrected chi connectivity index (χ3v) is 7.20. The lowest BCUT2D eigenvalue weighted by Crippen LogP contribution is -2.38. The highest BCUT2D eigenvalue weighted by Crippen LogP contribution is 2.34. The molecular formula is C24H31ClN4O2. The average molecular weight is 443 g/mol. The largest absolute Gasteiger partial charge is 0.356 e. The predicted octanol–water partition coefficient (Wildman–Crippen LogP) is 5.03. The molecule has 0 spiro atoms. The second-order valence-electron chi connectivity index (χ2n) is 9.06. The van der Waals surface area contributed by atoms with Crippen molar-refractivity contribution < 1.29 is 9.32 Å². The number of hydrogen-bond acceptors (Lipinski definition) is 5. The van der Waals surface area contributed by atoms with Crippen LogP contribution in [0.5, 0.6) is 0 Å². The maximum atomic E-state index is 11.8. The Balaban J connectivity index is 1.17. The van der Waals surface area contributed by atoms with E-state index in [1.807, 2.05) is 24.3 Å². The van der Waals surface area contributed by atoms with Gasteiger partial charge >= 0.3 is 0 Å². The molecule has 2 aliphatic rings. The quantitative estimate of drug-likeness (QED) is 0.650. The van der Waals surface area contributed by atoms with Crippen molar-refractivity contribution in [1.82, 2.24) is 15.4 Å². The Hall–Kier alpha value is -2.10. The Bertz CT molecular complexity index is 921. The number of benzene rings is 1. The van der Waals surface area contributed by atoms with E-state index in [0.29, 0.717) is 29.8 Å². The van der Waals surface area contributed by atoms with Crippen molar-refractivity contribution in [2.75, 3.05) is 19.6 Å². The standard InChI is InChI=1S/C24H31ClN4O2/c25-19-5-8-21-22(16-19)31-28-24(21)18-10-14-29(15-11-18)13-9-17-3-6-20(7-4-17)27-23(30)2-1-12-26/h5,8,16-18,20H,1-4,6-7,9-11,13-15H2,(H,27,30). The summed E-state index contributed by atoms with van der Waals surface area (Å²) in [4.78, 5) is 14.4. The maximum Gasteiger partial charge on any atom is 0.221 e. The van der Waals surface area contributed by atoms with Gasteiger partial charge in [-0.3, -0.25) is 4.79 Å². The summed E-state index contributed by atoms with van der Waals surface area (Å²) in [6, 6.07) is 8.11. The van der Waals surface area contributed by atoms with Crippen LogP contribution < -0.4 is 5.32 Å². The SMILES string of the molecule is N#CCCC(=O)NC1CCC(CCN2CCC(c3noc4cc(Cl)ccc34)CC2)CC1. The van der Waals surface area contributed by atoms with E-state index in [-0.39, 0.29) is 5.91 Å². The third-order valence-electron chi connectivity index (χ3n) is 6.97. The fraction of sp³-hybridized carbons (Fsp3) is 0.625. The molecule has 4 rings (SSSR count). The van der Waals surface area contributed by atoms with Crippen molar-refractivity contribution in [3.05, 3.63) is 28.9 Å². The average Bonchev–Trinajstić information content (AvgIpc) is 3.20. The number of piperidine rings is 1. The van der Waals surface area contributed by atoms with Gasteiger partial charge in [0.1, 0.15) is 0 Å². The Kier molecular flexibility index (Phi) is 7.47. The Morgan fingerprint density at radius 1 is 1.23 bits per heavy atom. The van der Waals surface area contributed by atoms with Gasteiger partial charge in [-0.15, -0.1) is 0 Å². The molecule has 1 saturated heterocycles. The maximum absolute atomic E-state index is 11.8. The molecule has 1 amide bonds. The molecule has 2 fully saturated rings. The van der Waals surface area contributed by atoms with Crippen LogP contribution in [0.3, 0.4) is 0 Å². The lowest BCUT2D eigenvalue weighted by atomic mass is 9.83. The zero-order chi connectivity index (χ0) is 21.6. The molecule has 31 heavy (non-hydrogen) atoms. The summed E-state index contributed by atoms with van der Waals surface area (Å²) in [5.74, 6) is 1.24. The summed E-state index contributed by atoms with van der Waals surface area (Å²) in [6.45, 7) is 3.37. The molecule has 0 radical (unpaired) electrons. The molecule has 1 saturated carbocycles. The van der Waals surface area contributed by atoms with Gasteiger partial charge in [-0.1, -0.05) is 16.8 Å². The zero-order valence-electron chi connectivity index (χ0n) is 18.0. The van der Waals surface area contributed by atoms with Gasteiger partial charge in [0.2, 0.25) is 5.91 Å². The highest BCUT2D eigenvalue weighted by Gasteiger charge is 2.27. The molecule has 0 atom stereocenters. The fourth-order valence-electron chi connectivity index (χ4n) is 5.09. The van der Waals surface area contributed by atoms with Crippen molar-refractivity contribution in [3.63, 3.8) is 0 Å². The number of carbonyl (C=O) groups excluding carboxylic acids is 1. The van der Waals surface area contributed by atoms with Crippen LogP contribution in [0.15, 0.2) is 22.7 Å². The van der Waals surface area contributed by atoms with Crippen LogP contribution in [0.2, 0.25) is 5.02 Å². The Labute approximate surface area is 188 Å². The van der Waals surface area contributed by atoms with Crippen LogP contribution in [0, 0.1) is 17.2 Å². The lowest BCUT2D eigenvalue weighted by molar-refractivity contribution is -0.122. The van der Waals surface area contributed by atoms with Crippen LogP contribution >= 0.6 is 11.6 Å². The molecule has 1 aliphatic carbocycles. The van der Waals surface area contributed by atoms with Crippen LogP contribution in [-0.4, -0.2) is 41.6 Å². The number of nitrogens with one attached hydrogen (secondary N) is 1. The number of rotatable bonds is 7. The first kappa shape index (κ1) is 22.1. The summed E-state index contributed by atoms with van der Waals surface area (Å²) in [7, 11) is 0. The monoisotopic (exact) mass is 442 g/mol. The van der Waals surface area contributed by atoms with Crippen molar-refractivity contribution >= 4 is 28.5 Å². The first-order valence-electron chi connectivity index (χ1n) is 11.6. The van der Waals surface area contributed by atoms with E-state index in [1.165, 1.54) is 19.3 Å². The van der Waals surface area contributed by atoms with Crippen LogP contribution in [0.4, 0.5) is 0 Å². The number of amides is 1. The summed E-state index contributed by atoms with van der Waals surface area (Å²) in [5, 5.41) is 17.8. The van der Waals surface area contributed by atoms with E-state index in [0.717, 1.165) is 67.9 Å². The van der Waals surface area contributed by atoms with Gasteiger partial charge in [0, 0.05) is 41.3 Å². The van der Waals surface area contributed by atoms with Crippen molar-refractivity contribution in [3.8, 4) is 6.07 Å². The third kappa shape index (κ3) is 5.78. The highest BCUT2D eigenvalue weighted by atomic mass is 35.5. The van der Waals surface area contributed by atoms with Crippen LogP contribution in [0.25, 0.3) is 11.0 Å². The topological polar surface area (TPSA) is 82.2 Å². The first-order valence-corrected chi connectivity index (χ1v) is 11.9. The van der Waals surface area contributed by atoms with E-state index in [4.69, 9.17) is 21.4 Å². The van der Waals surface area contributed by atoms with E-state index in [1.54, 1.807) is 0 Å². The molecule has 1 N–H and O–H groups in total. The number of aromatic nitrogens is 1. The summed E-state index contributed by atoms with van der Waals surface area (Å²) >= 11 is 6.06. The number of likely N-dealkylation sites (tertiary alicyclic amines) is 1. The van der Waals surface area contributed by atoms with E-state index in [9.17, 15) is 4.79 Å². The molecule has 0 unspecified atom stereocenters. The second kappa shape index (κ2) is 10.5. The van der Waals surface area contributed by atoms with Crippen molar-refractivity contribution in [2.24, 2.45) is 5.92 Å². The molecule has 166 valence electrons. The van der Waals surface area contributed by atoms with Crippen molar-refractivity contribution in [2.45, 2.75) is 69.7 Å². The summed E-state index contributed by atoms with van der Waals surface area (Å²) in [6.07, 6.45) is 8.61. The summed E-state index contributed by atoms with van der Waals surface area (Å²) < 4.78 is 5.50. The molecular weight excluding hydrogens is 412 g/mol. The number of halogens is 1. The molecule has 2 heterocycles. The number of nitriles is 1. The molecule has 7 heteroatoms. The fourth-order valence-corrected chi connectivity index (χ4v) is 5.25. The van der Waals surface area contributed by atoms with Gasteiger partial charge in [-0.2, -0.15) is 5.26 Å². The van der Waals surface area contributed by atoms with Gasteiger partial charge in [0.15, 0.2) is 5.58 Å². The number of fused-ring (bicyclic) bond motifs is 1. The number of hydrogen-bond donors (Lipinski definition) is 1. The highest BCUT2D eigenvalue weighted by molar-refractivity contribution is 6.31. The molecule has 6 nitrogen and oxygen atoms in total. The van der Waals surface area contributed by atoms with Gasteiger partial charge < -0.3 is 14.7 Å². The summed E-state index contributed by atoms with van der Waals surface area (Å²) in [5.41, 5.74) is 1.86. The molecule has 1 aromatic heterocycles. The van der Waals surface area contributed by atoms with E-state index < -0.39 is 0 Å².